The van der Waals surface area contributed by atoms with E-state index in [1.165, 1.54) is 0 Å². The Morgan fingerprint density at radius 1 is 0.875 bits per heavy atom. The topological polar surface area (TPSA) is 43.4 Å². The second-order valence-electron chi connectivity index (χ2n) is 4.84. The van der Waals surface area contributed by atoms with Gasteiger partial charge in [-0.25, -0.2) is 0 Å². The SMILES string of the molecule is CCC(C)[O][V](=[O])(=[O])([CH](C)CC)[CH](C)CC. The molecule has 4 heteroatoms. The first kappa shape index (κ1) is 16.1. The van der Waals surface area contributed by atoms with Crippen molar-refractivity contribution in [2.75, 3.05) is 0 Å². The molecule has 0 heterocycles. The van der Waals surface area contributed by atoms with Gasteiger partial charge < -0.3 is 0 Å². The van der Waals surface area contributed by atoms with E-state index in [9.17, 15) is 7.35 Å². The Hall–Kier alpha value is 0.144. The first-order valence-electron chi connectivity index (χ1n) is 6.38. The van der Waals surface area contributed by atoms with Crippen molar-refractivity contribution in [2.45, 2.75) is 76.2 Å². The van der Waals surface area contributed by atoms with Crippen LogP contribution >= 0.6 is 0 Å². The van der Waals surface area contributed by atoms with E-state index in [1.807, 2.05) is 27.7 Å². The van der Waals surface area contributed by atoms with Crippen molar-refractivity contribution >= 4 is 0 Å². The Morgan fingerprint density at radius 3 is 1.50 bits per heavy atom. The summed E-state index contributed by atoms with van der Waals surface area (Å²) in [5.41, 5.74) is 0. The minimum absolute atomic E-state index is 0.205. The summed E-state index contributed by atoms with van der Waals surface area (Å²) < 4.78 is 30.7. The molecule has 0 rings (SSSR count). The predicted molar refractivity (Wildman–Crippen MR) is 61.6 cm³/mol. The Kier molecular flexibility index (Phi) is 5.71. The van der Waals surface area contributed by atoms with E-state index in [0.29, 0.717) is 12.8 Å². The van der Waals surface area contributed by atoms with Crippen molar-refractivity contribution < 1.29 is 24.1 Å². The van der Waals surface area contributed by atoms with Crippen LogP contribution < -0.4 is 0 Å². The third kappa shape index (κ3) is 3.09. The molecular weight excluding hydrogens is 243 g/mol. The summed E-state index contributed by atoms with van der Waals surface area (Å²) >= 11 is -5.12. The van der Waals surface area contributed by atoms with E-state index in [4.69, 9.17) is 3.66 Å². The third-order valence-corrected chi connectivity index (χ3v) is 11.0. The van der Waals surface area contributed by atoms with Gasteiger partial charge in [0.2, 0.25) is 0 Å². The zero-order valence-corrected chi connectivity index (χ0v) is 12.9. The second kappa shape index (κ2) is 5.66. The third-order valence-electron chi connectivity index (χ3n) is 3.73. The van der Waals surface area contributed by atoms with Crippen molar-refractivity contribution in [2.24, 2.45) is 0 Å². The zero-order chi connectivity index (χ0) is 13.0. The van der Waals surface area contributed by atoms with Gasteiger partial charge in [-0.3, -0.25) is 0 Å². The van der Waals surface area contributed by atoms with Crippen LogP contribution in [0.3, 0.4) is 0 Å². The van der Waals surface area contributed by atoms with Crippen LogP contribution in [0.1, 0.15) is 60.8 Å². The fourth-order valence-corrected chi connectivity index (χ4v) is 7.13. The molecule has 0 amide bonds. The van der Waals surface area contributed by atoms with Crippen LogP contribution in [0.4, 0.5) is 0 Å². The van der Waals surface area contributed by atoms with Gasteiger partial charge in [0.1, 0.15) is 0 Å². The molecule has 0 aromatic rings. The quantitative estimate of drug-likeness (QED) is 0.682. The molecule has 0 aromatic carbocycles. The van der Waals surface area contributed by atoms with Crippen molar-refractivity contribution in [1.29, 1.82) is 0 Å². The molecule has 3 nitrogen and oxygen atoms in total. The molecule has 3 atom stereocenters. The molecule has 0 radical (unpaired) electrons. The molecule has 0 aliphatic carbocycles. The summed E-state index contributed by atoms with van der Waals surface area (Å²) in [7, 11) is 0. The first-order chi connectivity index (χ1) is 7.21. The molecule has 16 heavy (non-hydrogen) atoms. The molecular formula is C12H27O3V. The molecule has 0 aliphatic heterocycles. The molecule has 0 spiro atoms. The fraction of sp³-hybridized carbons (Fsp3) is 1.00. The van der Waals surface area contributed by atoms with Crippen LogP contribution in [0.25, 0.3) is 0 Å². The Morgan fingerprint density at radius 2 is 1.25 bits per heavy atom. The summed E-state index contributed by atoms with van der Waals surface area (Å²) in [4.78, 5) is 0. The normalized spacial score (nSPS) is 19.2. The zero-order valence-electron chi connectivity index (χ0n) is 11.5. The van der Waals surface area contributed by atoms with Crippen LogP contribution in [-0.2, 0) is 24.1 Å². The van der Waals surface area contributed by atoms with E-state index in [0.717, 1.165) is 6.42 Å². The average molecular weight is 270 g/mol. The molecule has 0 aromatic heterocycles. The van der Waals surface area contributed by atoms with Gasteiger partial charge in [-0.2, -0.15) is 0 Å². The fourth-order valence-electron chi connectivity index (χ4n) is 1.73. The molecule has 0 saturated carbocycles. The van der Waals surface area contributed by atoms with Gasteiger partial charge in [-0.1, -0.05) is 0 Å². The first-order valence-corrected chi connectivity index (χ1v) is 9.70. The summed E-state index contributed by atoms with van der Waals surface area (Å²) in [5, 5.41) is 0. The van der Waals surface area contributed by atoms with Gasteiger partial charge in [0.25, 0.3) is 0 Å². The van der Waals surface area contributed by atoms with Crippen molar-refractivity contribution in [3.63, 3.8) is 0 Å². The Bertz CT molecular complexity index is 310. The summed E-state index contributed by atoms with van der Waals surface area (Å²) in [5.74, 6) is 0. The second-order valence-corrected chi connectivity index (χ2v) is 11.1. The average Bonchev–Trinajstić information content (AvgIpc) is 2.26. The predicted octanol–water partition coefficient (Wildman–Crippen LogP) is 4.53. The van der Waals surface area contributed by atoms with Crippen LogP contribution in [0.2, 0.25) is 9.26 Å². The molecule has 3 unspecified atom stereocenters. The Labute approximate surface area is 100 Å². The summed E-state index contributed by atoms with van der Waals surface area (Å²) in [6.07, 6.45) is 1.77. The standard InChI is InChI=1S/C4H9O.2C4H9.2O.V/c1-3-4(2)5;2*1-3-4-2;;;/h4H,3H2,1-2H3;2*3H,4H2,1-2H3;;;/q-1;;;;;+1. The molecule has 0 bridgehead atoms. The maximum atomic E-state index is 12.9. The molecule has 98 valence electrons. The van der Waals surface area contributed by atoms with Crippen LogP contribution in [0, 0.1) is 0 Å². The molecule has 0 N–H and O–H groups in total. The van der Waals surface area contributed by atoms with Crippen LogP contribution in [0.15, 0.2) is 0 Å². The maximum absolute atomic E-state index is 12.9. The van der Waals surface area contributed by atoms with Crippen molar-refractivity contribution in [1.82, 2.24) is 0 Å². The number of hydrogen-bond donors (Lipinski definition) is 0. The van der Waals surface area contributed by atoms with Crippen LogP contribution in [0.5, 0.6) is 0 Å². The van der Waals surface area contributed by atoms with Gasteiger partial charge >= 0.3 is 100 Å². The van der Waals surface area contributed by atoms with Gasteiger partial charge in [0.15, 0.2) is 0 Å². The van der Waals surface area contributed by atoms with E-state index in [-0.39, 0.29) is 15.4 Å². The monoisotopic (exact) mass is 270 g/mol. The minimum atomic E-state index is -5.12. The number of hydrogen-bond acceptors (Lipinski definition) is 3. The van der Waals surface area contributed by atoms with E-state index >= 15 is 0 Å². The number of rotatable bonds is 7. The van der Waals surface area contributed by atoms with Crippen molar-refractivity contribution in [3.8, 4) is 0 Å². The summed E-state index contributed by atoms with van der Waals surface area (Å²) in [6.45, 7) is 11.1. The summed E-state index contributed by atoms with van der Waals surface area (Å²) in [6, 6.07) is 0. The van der Waals surface area contributed by atoms with E-state index in [1.54, 1.807) is 13.8 Å². The van der Waals surface area contributed by atoms with Crippen LogP contribution in [-0.4, -0.2) is 6.10 Å². The van der Waals surface area contributed by atoms with Gasteiger partial charge in [-0.05, 0) is 0 Å². The van der Waals surface area contributed by atoms with E-state index in [2.05, 4.69) is 0 Å². The molecule has 0 aliphatic rings. The molecule has 0 fully saturated rings. The van der Waals surface area contributed by atoms with E-state index < -0.39 is 13.1 Å². The van der Waals surface area contributed by atoms with Gasteiger partial charge in [0, 0.05) is 0 Å². The Balaban J connectivity index is 5.35. The van der Waals surface area contributed by atoms with Crippen molar-refractivity contribution in [3.05, 3.63) is 0 Å². The van der Waals surface area contributed by atoms with Gasteiger partial charge in [0.05, 0.1) is 0 Å². The van der Waals surface area contributed by atoms with Gasteiger partial charge in [-0.15, -0.1) is 0 Å². The molecule has 0 saturated heterocycles.